The summed E-state index contributed by atoms with van der Waals surface area (Å²) >= 11 is 0. The van der Waals surface area contributed by atoms with Crippen molar-refractivity contribution >= 4 is 9.84 Å². The van der Waals surface area contributed by atoms with E-state index in [4.69, 9.17) is 0 Å². The maximum atomic E-state index is 12.5. The molecule has 0 radical (unpaired) electrons. The van der Waals surface area contributed by atoms with Gasteiger partial charge in [-0.25, -0.2) is 8.42 Å². The third-order valence-corrected chi connectivity index (χ3v) is 5.14. The third kappa shape index (κ3) is 4.96. The Hall–Kier alpha value is -0.870. The van der Waals surface area contributed by atoms with Gasteiger partial charge in [0.15, 0.2) is 9.84 Å². The van der Waals surface area contributed by atoms with Crippen molar-refractivity contribution in [3.63, 3.8) is 0 Å². The number of nitrogens with one attached hydrogen (secondary N) is 1. The summed E-state index contributed by atoms with van der Waals surface area (Å²) in [4.78, 5) is 0.467. The second kappa shape index (κ2) is 7.65. The molecule has 1 N–H and O–H groups in total. The van der Waals surface area contributed by atoms with Gasteiger partial charge in [0.05, 0.1) is 10.6 Å². The number of aryl methyl sites for hydroxylation is 1. The first-order valence-electron chi connectivity index (χ1n) is 7.03. The molecule has 108 valence electrons. The number of hydrogen-bond acceptors (Lipinski definition) is 3. The molecule has 1 atom stereocenters. The van der Waals surface area contributed by atoms with Gasteiger partial charge in [0.25, 0.3) is 0 Å². The van der Waals surface area contributed by atoms with E-state index in [0.29, 0.717) is 4.90 Å². The molecule has 1 rings (SSSR count). The SMILES string of the molecule is CCCNC(CCC)CS(=O)(=O)c1ccccc1C. The Bertz CT molecular complexity index is 483. The van der Waals surface area contributed by atoms with E-state index in [1.807, 2.05) is 19.1 Å². The van der Waals surface area contributed by atoms with Crippen LogP contribution in [0.15, 0.2) is 29.2 Å². The summed E-state index contributed by atoms with van der Waals surface area (Å²) in [6.07, 6.45) is 2.90. The van der Waals surface area contributed by atoms with Crippen molar-refractivity contribution in [1.82, 2.24) is 5.32 Å². The number of hydrogen-bond donors (Lipinski definition) is 1. The minimum Gasteiger partial charge on any atom is -0.313 e. The molecule has 0 saturated carbocycles. The zero-order valence-corrected chi connectivity index (χ0v) is 13.0. The van der Waals surface area contributed by atoms with Gasteiger partial charge in [-0.15, -0.1) is 0 Å². The average Bonchev–Trinajstić information content (AvgIpc) is 2.36. The summed E-state index contributed by atoms with van der Waals surface area (Å²) in [5, 5.41) is 3.34. The molecule has 1 unspecified atom stereocenters. The highest BCUT2D eigenvalue weighted by Crippen LogP contribution is 2.17. The topological polar surface area (TPSA) is 46.2 Å². The first kappa shape index (κ1) is 16.2. The molecule has 4 heteroatoms. The van der Waals surface area contributed by atoms with Crippen molar-refractivity contribution in [3.05, 3.63) is 29.8 Å². The lowest BCUT2D eigenvalue weighted by molar-refractivity contribution is 0.499. The Morgan fingerprint density at radius 1 is 1.16 bits per heavy atom. The smallest absolute Gasteiger partial charge is 0.180 e. The highest BCUT2D eigenvalue weighted by molar-refractivity contribution is 7.91. The molecule has 0 aliphatic carbocycles. The van der Waals surface area contributed by atoms with Gasteiger partial charge in [0.2, 0.25) is 0 Å². The van der Waals surface area contributed by atoms with Crippen molar-refractivity contribution in [3.8, 4) is 0 Å². The van der Waals surface area contributed by atoms with Crippen molar-refractivity contribution in [1.29, 1.82) is 0 Å². The van der Waals surface area contributed by atoms with Crippen LogP contribution in [0.1, 0.15) is 38.7 Å². The zero-order chi connectivity index (χ0) is 14.3. The number of benzene rings is 1. The lowest BCUT2D eigenvalue weighted by Gasteiger charge is -2.18. The van der Waals surface area contributed by atoms with E-state index in [2.05, 4.69) is 19.2 Å². The lowest BCUT2D eigenvalue weighted by Crippen LogP contribution is -2.36. The third-order valence-electron chi connectivity index (χ3n) is 3.17. The molecule has 19 heavy (non-hydrogen) atoms. The van der Waals surface area contributed by atoms with Crippen LogP contribution in [-0.2, 0) is 9.84 Å². The maximum Gasteiger partial charge on any atom is 0.180 e. The largest absolute Gasteiger partial charge is 0.313 e. The Morgan fingerprint density at radius 2 is 1.84 bits per heavy atom. The van der Waals surface area contributed by atoms with Gasteiger partial charge < -0.3 is 5.32 Å². The summed E-state index contributed by atoms with van der Waals surface area (Å²) < 4.78 is 24.9. The van der Waals surface area contributed by atoms with Crippen LogP contribution in [0.5, 0.6) is 0 Å². The summed E-state index contributed by atoms with van der Waals surface area (Å²) in [5.74, 6) is 0.186. The summed E-state index contributed by atoms with van der Waals surface area (Å²) in [7, 11) is -3.21. The van der Waals surface area contributed by atoms with Gasteiger partial charge in [-0.05, 0) is 37.9 Å². The molecule has 1 aromatic rings. The Balaban J connectivity index is 2.85. The fourth-order valence-corrected chi connectivity index (χ4v) is 4.04. The number of sulfone groups is 1. The molecular formula is C15H25NO2S. The Labute approximate surface area is 117 Å². The molecule has 3 nitrogen and oxygen atoms in total. The van der Waals surface area contributed by atoms with Crippen LogP contribution in [0.2, 0.25) is 0 Å². The van der Waals surface area contributed by atoms with Gasteiger partial charge in [-0.2, -0.15) is 0 Å². The quantitative estimate of drug-likeness (QED) is 0.798. The van der Waals surface area contributed by atoms with E-state index in [-0.39, 0.29) is 11.8 Å². The molecular weight excluding hydrogens is 258 g/mol. The van der Waals surface area contributed by atoms with Gasteiger partial charge in [0, 0.05) is 6.04 Å². The van der Waals surface area contributed by atoms with Crippen molar-refractivity contribution < 1.29 is 8.42 Å². The molecule has 0 amide bonds. The summed E-state index contributed by atoms with van der Waals surface area (Å²) in [5.41, 5.74) is 0.827. The molecule has 0 heterocycles. The molecule has 0 bridgehead atoms. The van der Waals surface area contributed by atoms with Crippen LogP contribution in [0.3, 0.4) is 0 Å². The van der Waals surface area contributed by atoms with E-state index in [1.165, 1.54) is 0 Å². The van der Waals surface area contributed by atoms with Crippen LogP contribution in [-0.4, -0.2) is 26.8 Å². The standard InChI is InChI=1S/C15H25NO2S/c1-4-8-14(16-11-5-2)12-19(17,18)15-10-7-6-9-13(15)3/h6-7,9-10,14,16H,4-5,8,11-12H2,1-3H3. The molecule has 1 aromatic carbocycles. The van der Waals surface area contributed by atoms with E-state index < -0.39 is 9.84 Å². The lowest BCUT2D eigenvalue weighted by atomic mass is 10.2. The molecule has 0 fully saturated rings. The van der Waals surface area contributed by atoms with Gasteiger partial charge in [-0.3, -0.25) is 0 Å². The molecule has 0 aliphatic heterocycles. The Morgan fingerprint density at radius 3 is 2.42 bits per heavy atom. The first-order chi connectivity index (χ1) is 9.01. The van der Waals surface area contributed by atoms with E-state index >= 15 is 0 Å². The van der Waals surface area contributed by atoms with Crippen molar-refractivity contribution in [2.24, 2.45) is 0 Å². The average molecular weight is 283 g/mol. The Kier molecular flexibility index (Phi) is 6.52. The van der Waals surface area contributed by atoms with Crippen LogP contribution < -0.4 is 5.32 Å². The zero-order valence-electron chi connectivity index (χ0n) is 12.1. The van der Waals surface area contributed by atoms with Crippen molar-refractivity contribution in [2.45, 2.75) is 51.0 Å². The van der Waals surface area contributed by atoms with Crippen LogP contribution >= 0.6 is 0 Å². The normalized spacial score (nSPS) is 13.4. The maximum absolute atomic E-state index is 12.5. The molecule has 0 aromatic heterocycles. The van der Waals surface area contributed by atoms with Gasteiger partial charge >= 0.3 is 0 Å². The second-order valence-electron chi connectivity index (χ2n) is 4.99. The van der Waals surface area contributed by atoms with E-state index in [1.54, 1.807) is 12.1 Å². The highest BCUT2D eigenvalue weighted by atomic mass is 32.2. The minimum absolute atomic E-state index is 0.0505. The second-order valence-corrected chi connectivity index (χ2v) is 6.99. The van der Waals surface area contributed by atoms with Crippen LogP contribution in [0, 0.1) is 6.92 Å². The van der Waals surface area contributed by atoms with E-state index in [9.17, 15) is 8.42 Å². The van der Waals surface area contributed by atoms with Gasteiger partial charge in [-0.1, -0.05) is 38.5 Å². The first-order valence-corrected chi connectivity index (χ1v) is 8.68. The molecule has 0 saturated heterocycles. The monoisotopic (exact) mass is 283 g/mol. The molecule has 0 aliphatic rings. The minimum atomic E-state index is -3.21. The number of rotatable bonds is 8. The van der Waals surface area contributed by atoms with Crippen LogP contribution in [0.4, 0.5) is 0 Å². The summed E-state index contributed by atoms with van der Waals surface area (Å²) in [6, 6.07) is 7.25. The summed E-state index contributed by atoms with van der Waals surface area (Å²) in [6.45, 7) is 6.89. The fourth-order valence-electron chi connectivity index (χ4n) is 2.20. The van der Waals surface area contributed by atoms with Crippen LogP contribution in [0.25, 0.3) is 0 Å². The predicted octanol–water partition coefficient (Wildman–Crippen LogP) is 2.94. The predicted molar refractivity (Wildman–Crippen MR) is 80.2 cm³/mol. The van der Waals surface area contributed by atoms with E-state index in [0.717, 1.165) is 31.4 Å². The van der Waals surface area contributed by atoms with Gasteiger partial charge in [0.1, 0.15) is 0 Å². The molecule has 0 spiro atoms. The van der Waals surface area contributed by atoms with Crippen molar-refractivity contribution in [2.75, 3.05) is 12.3 Å². The fraction of sp³-hybridized carbons (Fsp3) is 0.600. The highest BCUT2D eigenvalue weighted by Gasteiger charge is 2.21.